The van der Waals surface area contributed by atoms with Crippen LogP contribution in [0.5, 0.6) is 0 Å². The van der Waals surface area contributed by atoms with Crippen LogP contribution in [-0.4, -0.2) is 20.9 Å². The Labute approximate surface area is 178 Å². The van der Waals surface area contributed by atoms with E-state index in [-0.39, 0.29) is 11.8 Å². The number of hydrogen-bond donors (Lipinski definition) is 1. The second-order valence-corrected chi connectivity index (χ2v) is 8.37. The molecule has 1 unspecified atom stereocenters. The van der Waals surface area contributed by atoms with Crippen LogP contribution in [0.25, 0.3) is 11.3 Å². The molecule has 1 amide bonds. The second kappa shape index (κ2) is 9.16. The second-order valence-electron chi connectivity index (χ2n) is 8.37. The van der Waals surface area contributed by atoms with Crippen molar-refractivity contribution in [2.75, 3.05) is 5.32 Å². The summed E-state index contributed by atoms with van der Waals surface area (Å²) in [4.78, 5) is 25.8. The van der Waals surface area contributed by atoms with E-state index in [1.807, 2.05) is 30.5 Å². The normalized spacial score (nSPS) is 18.7. The van der Waals surface area contributed by atoms with E-state index >= 15 is 0 Å². The largest absolute Gasteiger partial charge is 0.326 e. The number of pyridine rings is 1. The molecule has 0 saturated heterocycles. The van der Waals surface area contributed by atoms with Crippen molar-refractivity contribution < 1.29 is 4.79 Å². The molecule has 2 heterocycles. The lowest BCUT2D eigenvalue weighted by Gasteiger charge is -2.25. The zero-order valence-corrected chi connectivity index (χ0v) is 17.6. The highest BCUT2D eigenvalue weighted by Gasteiger charge is 2.25. The highest BCUT2D eigenvalue weighted by molar-refractivity contribution is 5.92. The Hall–Kier alpha value is -3.08. The van der Waals surface area contributed by atoms with Crippen molar-refractivity contribution in [2.45, 2.75) is 46.0 Å². The lowest BCUT2D eigenvalue weighted by molar-refractivity contribution is -0.121. The third-order valence-corrected chi connectivity index (χ3v) is 6.03. The molecule has 0 aliphatic heterocycles. The van der Waals surface area contributed by atoms with Gasteiger partial charge in [0.25, 0.3) is 0 Å². The summed E-state index contributed by atoms with van der Waals surface area (Å²) in [6, 6.07) is 12.0. The van der Waals surface area contributed by atoms with Gasteiger partial charge in [0.05, 0.1) is 11.4 Å². The minimum atomic E-state index is 0.124. The van der Waals surface area contributed by atoms with Crippen molar-refractivity contribution >= 4 is 11.6 Å². The van der Waals surface area contributed by atoms with Crippen LogP contribution in [0, 0.1) is 18.8 Å². The van der Waals surface area contributed by atoms with Gasteiger partial charge >= 0.3 is 0 Å². The molecule has 1 aliphatic rings. The van der Waals surface area contributed by atoms with Crippen LogP contribution in [-0.2, 0) is 11.2 Å². The molecule has 4 rings (SSSR count). The first-order chi connectivity index (χ1) is 14.6. The number of anilines is 1. The molecule has 0 radical (unpaired) electrons. The molecule has 5 heteroatoms. The lowest BCUT2D eigenvalue weighted by Crippen LogP contribution is -2.27. The van der Waals surface area contributed by atoms with E-state index in [0.29, 0.717) is 12.3 Å². The van der Waals surface area contributed by atoms with Crippen molar-refractivity contribution in [1.82, 2.24) is 15.0 Å². The molecule has 1 aromatic carbocycles. The Morgan fingerprint density at radius 1 is 1.13 bits per heavy atom. The Balaban J connectivity index is 1.54. The molecule has 1 aliphatic carbocycles. The maximum Gasteiger partial charge on any atom is 0.227 e. The van der Waals surface area contributed by atoms with Crippen molar-refractivity contribution in [3.63, 3.8) is 0 Å². The zero-order valence-electron chi connectivity index (χ0n) is 17.6. The Kier molecular flexibility index (Phi) is 6.17. The molecule has 2 aromatic heterocycles. The molecular weight excluding hydrogens is 372 g/mol. The maximum absolute atomic E-state index is 12.8. The average Bonchev–Trinajstić information content (AvgIpc) is 2.77. The molecule has 1 fully saturated rings. The van der Waals surface area contributed by atoms with E-state index in [9.17, 15) is 4.79 Å². The fraction of sp³-hybridized carbons (Fsp3) is 0.360. The molecule has 154 valence electrons. The quantitative estimate of drug-likeness (QED) is 0.639. The number of nitrogens with zero attached hydrogens (tertiary/aromatic N) is 3. The Bertz CT molecular complexity index is 1020. The summed E-state index contributed by atoms with van der Waals surface area (Å²) in [5.41, 5.74) is 6.02. The molecule has 5 nitrogen and oxygen atoms in total. The number of carbonyl (C=O) groups is 1. The summed E-state index contributed by atoms with van der Waals surface area (Å²) < 4.78 is 0. The monoisotopic (exact) mass is 400 g/mol. The predicted octanol–water partition coefficient (Wildman–Crippen LogP) is 5.20. The number of rotatable bonds is 5. The summed E-state index contributed by atoms with van der Waals surface area (Å²) in [5.74, 6) is 0.905. The maximum atomic E-state index is 12.8. The van der Waals surface area contributed by atoms with E-state index in [0.717, 1.165) is 47.5 Å². The molecule has 0 bridgehead atoms. The van der Waals surface area contributed by atoms with Gasteiger partial charge in [0, 0.05) is 36.0 Å². The van der Waals surface area contributed by atoms with Crippen molar-refractivity contribution in [2.24, 2.45) is 11.8 Å². The molecule has 1 N–H and O–H groups in total. The molecule has 2 atom stereocenters. The van der Waals surface area contributed by atoms with Gasteiger partial charge in [-0.15, -0.1) is 0 Å². The van der Waals surface area contributed by atoms with E-state index in [4.69, 9.17) is 0 Å². The minimum Gasteiger partial charge on any atom is -0.326 e. The van der Waals surface area contributed by atoms with Crippen molar-refractivity contribution in [3.8, 4) is 11.3 Å². The number of aromatic nitrogens is 3. The first-order valence-electron chi connectivity index (χ1n) is 10.7. The van der Waals surface area contributed by atoms with Gasteiger partial charge in [-0.2, -0.15) is 0 Å². The van der Waals surface area contributed by atoms with E-state index in [1.54, 1.807) is 12.5 Å². The van der Waals surface area contributed by atoms with Crippen LogP contribution >= 0.6 is 0 Å². The highest BCUT2D eigenvalue weighted by Crippen LogP contribution is 2.30. The first-order valence-corrected chi connectivity index (χ1v) is 10.7. The van der Waals surface area contributed by atoms with Crippen LogP contribution in [0.1, 0.15) is 49.4 Å². The molecular formula is C25H28N4O. The Morgan fingerprint density at radius 2 is 2.03 bits per heavy atom. The highest BCUT2D eigenvalue weighted by atomic mass is 16.1. The standard InChI is InChI=1S/C25H28N4O/c1-17-5-3-6-19(13-17)25(30)29-21-9-8-18(2)20(14-21)15-24-22(7-4-11-27-24)23-10-12-26-16-28-23/h4,7-12,14,16-17,19H,3,5-6,13,15H2,1-2H3,(H,29,30)/t17-,19?/m0/s1. The van der Waals surface area contributed by atoms with Crippen molar-refractivity contribution in [3.05, 3.63) is 71.9 Å². The summed E-state index contributed by atoms with van der Waals surface area (Å²) in [5, 5.41) is 3.15. The fourth-order valence-electron chi connectivity index (χ4n) is 4.30. The smallest absolute Gasteiger partial charge is 0.227 e. The van der Waals surface area contributed by atoms with Gasteiger partial charge < -0.3 is 5.32 Å². The number of benzene rings is 1. The van der Waals surface area contributed by atoms with Gasteiger partial charge in [-0.1, -0.05) is 25.8 Å². The third kappa shape index (κ3) is 4.73. The summed E-state index contributed by atoms with van der Waals surface area (Å²) in [6.07, 6.45) is 10.1. The van der Waals surface area contributed by atoms with E-state index in [1.165, 1.54) is 12.0 Å². The molecule has 1 saturated carbocycles. The minimum absolute atomic E-state index is 0.124. The topological polar surface area (TPSA) is 67.8 Å². The third-order valence-electron chi connectivity index (χ3n) is 6.03. The molecule has 30 heavy (non-hydrogen) atoms. The van der Waals surface area contributed by atoms with Crippen LogP contribution in [0.15, 0.2) is 55.1 Å². The van der Waals surface area contributed by atoms with Gasteiger partial charge in [0.1, 0.15) is 6.33 Å². The summed E-state index contributed by atoms with van der Waals surface area (Å²) in [6.45, 7) is 4.34. The Morgan fingerprint density at radius 3 is 2.83 bits per heavy atom. The first kappa shape index (κ1) is 20.2. The van der Waals surface area contributed by atoms with Crippen LogP contribution < -0.4 is 5.32 Å². The zero-order chi connectivity index (χ0) is 20.9. The van der Waals surface area contributed by atoms with Gasteiger partial charge in [0.2, 0.25) is 5.91 Å². The van der Waals surface area contributed by atoms with Crippen molar-refractivity contribution in [1.29, 1.82) is 0 Å². The van der Waals surface area contributed by atoms with Gasteiger partial charge in [-0.3, -0.25) is 9.78 Å². The van der Waals surface area contributed by atoms with E-state index < -0.39 is 0 Å². The van der Waals surface area contributed by atoms with Crippen LogP contribution in [0.4, 0.5) is 5.69 Å². The number of aryl methyl sites for hydroxylation is 1. The van der Waals surface area contributed by atoms with Gasteiger partial charge in [-0.05, 0) is 67.1 Å². The van der Waals surface area contributed by atoms with Gasteiger partial charge in [0.15, 0.2) is 0 Å². The van der Waals surface area contributed by atoms with Gasteiger partial charge in [-0.25, -0.2) is 9.97 Å². The molecule has 0 spiro atoms. The fourth-order valence-corrected chi connectivity index (χ4v) is 4.30. The number of nitrogens with one attached hydrogen (secondary N) is 1. The summed E-state index contributed by atoms with van der Waals surface area (Å²) in [7, 11) is 0. The number of carbonyl (C=O) groups excluding carboxylic acids is 1. The summed E-state index contributed by atoms with van der Waals surface area (Å²) >= 11 is 0. The number of hydrogen-bond acceptors (Lipinski definition) is 4. The van der Waals surface area contributed by atoms with E-state index in [2.05, 4.69) is 46.2 Å². The SMILES string of the molecule is Cc1ccc(NC(=O)C2CCC[C@H](C)C2)cc1Cc1ncccc1-c1ccncn1. The average molecular weight is 401 g/mol. The predicted molar refractivity (Wildman–Crippen MR) is 119 cm³/mol. The number of amides is 1. The molecule has 3 aromatic rings. The lowest BCUT2D eigenvalue weighted by atomic mass is 9.82. The van der Waals surface area contributed by atoms with Crippen LogP contribution in [0.3, 0.4) is 0 Å². The van der Waals surface area contributed by atoms with Crippen LogP contribution in [0.2, 0.25) is 0 Å².